The van der Waals surface area contributed by atoms with Gasteiger partial charge in [-0.1, -0.05) is 48.5 Å². The number of benzene rings is 2. The predicted octanol–water partition coefficient (Wildman–Crippen LogP) is 2.26. The maximum absolute atomic E-state index is 12.3. The third-order valence-corrected chi connectivity index (χ3v) is 5.25. The highest BCUT2D eigenvalue weighted by atomic mass is 16.5. The average Bonchev–Trinajstić information content (AvgIpc) is 3.05. The molecule has 0 saturated carbocycles. The summed E-state index contributed by atoms with van der Waals surface area (Å²) in [6.45, 7) is 1.43. The van der Waals surface area contributed by atoms with E-state index < -0.39 is 30.1 Å². The number of hydrogen-bond acceptors (Lipinski definition) is 5. The van der Waals surface area contributed by atoms with Crippen molar-refractivity contribution in [2.45, 2.75) is 37.8 Å². The van der Waals surface area contributed by atoms with Crippen LogP contribution < -0.4 is 10.6 Å². The van der Waals surface area contributed by atoms with E-state index in [1.165, 1.54) is 0 Å². The first-order chi connectivity index (χ1) is 14.9. The molecule has 2 atom stereocenters. The highest BCUT2D eigenvalue weighted by molar-refractivity contribution is 5.84. The summed E-state index contributed by atoms with van der Waals surface area (Å²) in [6.07, 6.45) is -0.846. The molecule has 1 aliphatic rings. The molecule has 8 heteroatoms. The van der Waals surface area contributed by atoms with Gasteiger partial charge in [-0.15, -0.1) is 0 Å². The number of ether oxygens (including phenoxy) is 1. The second-order valence-electron chi connectivity index (χ2n) is 7.55. The van der Waals surface area contributed by atoms with Crippen LogP contribution in [-0.2, 0) is 14.3 Å². The lowest BCUT2D eigenvalue weighted by Gasteiger charge is -2.18. The number of rotatable bonds is 9. The molecule has 0 saturated heterocycles. The van der Waals surface area contributed by atoms with Crippen molar-refractivity contribution in [1.82, 2.24) is 10.6 Å². The summed E-state index contributed by atoms with van der Waals surface area (Å²) < 4.78 is 5.44. The van der Waals surface area contributed by atoms with Crippen molar-refractivity contribution in [1.29, 1.82) is 0 Å². The third-order valence-electron chi connectivity index (χ3n) is 5.25. The summed E-state index contributed by atoms with van der Waals surface area (Å²) in [5.41, 5.74) is 4.47. The summed E-state index contributed by atoms with van der Waals surface area (Å²) in [5.74, 6) is -1.82. The number of fused-ring (bicyclic) bond motifs is 3. The van der Waals surface area contributed by atoms with Crippen molar-refractivity contribution in [3.63, 3.8) is 0 Å². The third kappa shape index (κ3) is 5.40. The van der Waals surface area contributed by atoms with Gasteiger partial charge in [-0.05, 0) is 29.2 Å². The Kier molecular flexibility index (Phi) is 7.25. The Hall–Kier alpha value is -3.39. The molecule has 4 N–H and O–H groups in total. The number of aliphatic hydroxyl groups excluding tert-OH is 1. The van der Waals surface area contributed by atoms with Crippen LogP contribution in [-0.4, -0.2) is 53.5 Å². The molecule has 0 fully saturated rings. The number of carboxylic acids is 1. The standard InChI is InChI=1S/C23H26N2O6/c1-14(12-21(27)25-20(10-11-26)22(28)29)24-23(30)31-13-19-17-8-4-2-6-15(17)16-7-3-5-9-18(16)19/h2-9,14,19-20,26H,10-13H2,1H3,(H,24,30)(H,25,27)(H,28,29). The minimum absolute atomic E-state index is 0.0634. The SMILES string of the molecule is CC(CC(=O)NC(CCO)C(=O)O)NC(=O)OCC1c2ccccc2-c2ccccc21. The first-order valence-corrected chi connectivity index (χ1v) is 10.1. The minimum Gasteiger partial charge on any atom is -0.480 e. The van der Waals surface area contributed by atoms with E-state index in [9.17, 15) is 14.4 Å². The minimum atomic E-state index is -1.22. The van der Waals surface area contributed by atoms with Gasteiger partial charge in [0.1, 0.15) is 12.6 Å². The van der Waals surface area contributed by atoms with Crippen molar-refractivity contribution >= 4 is 18.0 Å². The fraction of sp³-hybridized carbons (Fsp3) is 0.348. The number of carbonyl (C=O) groups excluding carboxylic acids is 2. The molecule has 2 unspecified atom stereocenters. The van der Waals surface area contributed by atoms with Crippen LogP contribution in [0.2, 0.25) is 0 Å². The lowest BCUT2D eigenvalue weighted by atomic mass is 9.98. The molecule has 0 heterocycles. The van der Waals surface area contributed by atoms with E-state index in [1.807, 2.05) is 36.4 Å². The van der Waals surface area contributed by atoms with Gasteiger partial charge < -0.3 is 25.6 Å². The summed E-state index contributed by atoms with van der Waals surface area (Å²) in [7, 11) is 0. The number of carboxylic acid groups (broad SMARTS) is 1. The highest BCUT2D eigenvalue weighted by Gasteiger charge is 2.29. The first-order valence-electron chi connectivity index (χ1n) is 10.1. The Morgan fingerprint density at radius 3 is 2.13 bits per heavy atom. The second kappa shape index (κ2) is 10.1. The van der Waals surface area contributed by atoms with E-state index in [1.54, 1.807) is 6.92 Å². The summed E-state index contributed by atoms with van der Waals surface area (Å²) in [6, 6.07) is 14.3. The van der Waals surface area contributed by atoms with Gasteiger partial charge in [0.05, 0.1) is 0 Å². The molecule has 2 amide bonds. The number of aliphatic hydroxyl groups is 1. The van der Waals surface area contributed by atoms with Crippen LogP contribution in [0, 0.1) is 0 Å². The van der Waals surface area contributed by atoms with Gasteiger partial charge in [-0.2, -0.15) is 0 Å². The van der Waals surface area contributed by atoms with Crippen LogP contribution in [0.25, 0.3) is 11.1 Å². The van der Waals surface area contributed by atoms with Crippen molar-refractivity contribution in [3.8, 4) is 11.1 Å². The van der Waals surface area contributed by atoms with Gasteiger partial charge >= 0.3 is 12.1 Å². The maximum Gasteiger partial charge on any atom is 0.407 e. The van der Waals surface area contributed by atoms with Gasteiger partial charge in [-0.3, -0.25) is 4.79 Å². The van der Waals surface area contributed by atoms with Gasteiger partial charge in [0, 0.05) is 31.4 Å². The molecule has 0 spiro atoms. The summed E-state index contributed by atoms with van der Waals surface area (Å²) >= 11 is 0. The molecular weight excluding hydrogens is 400 g/mol. The quantitative estimate of drug-likeness (QED) is 0.487. The van der Waals surface area contributed by atoms with E-state index in [4.69, 9.17) is 14.9 Å². The number of nitrogens with one attached hydrogen (secondary N) is 2. The fourth-order valence-corrected chi connectivity index (χ4v) is 3.81. The number of alkyl carbamates (subject to hydrolysis) is 1. The van der Waals surface area contributed by atoms with Gasteiger partial charge in [0.25, 0.3) is 0 Å². The normalized spacial score (nSPS) is 14.1. The van der Waals surface area contributed by atoms with Crippen molar-refractivity contribution in [2.24, 2.45) is 0 Å². The van der Waals surface area contributed by atoms with E-state index in [0.717, 1.165) is 22.3 Å². The molecule has 164 valence electrons. The van der Waals surface area contributed by atoms with Crippen LogP contribution in [0.15, 0.2) is 48.5 Å². The van der Waals surface area contributed by atoms with Crippen molar-refractivity contribution in [3.05, 3.63) is 59.7 Å². The van der Waals surface area contributed by atoms with Crippen LogP contribution in [0.5, 0.6) is 0 Å². The monoisotopic (exact) mass is 426 g/mol. The molecule has 0 bridgehead atoms. The van der Waals surface area contributed by atoms with Crippen molar-refractivity contribution in [2.75, 3.05) is 13.2 Å². The van der Waals surface area contributed by atoms with Gasteiger partial charge in [0.15, 0.2) is 0 Å². The number of aliphatic carboxylic acids is 1. The molecule has 0 aromatic heterocycles. The van der Waals surface area contributed by atoms with E-state index >= 15 is 0 Å². The molecule has 2 aromatic carbocycles. The van der Waals surface area contributed by atoms with E-state index in [-0.39, 0.29) is 32.0 Å². The molecule has 1 aliphatic carbocycles. The largest absolute Gasteiger partial charge is 0.480 e. The predicted molar refractivity (Wildman–Crippen MR) is 114 cm³/mol. The molecule has 2 aromatic rings. The summed E-state index contributed by atoms with van der Waals surface area (Å²) in [5, 5.41) is 22.8. The van der Waals surface area contributed by atoms with Crippen LogP contribution in [0.3, 0.4) is 0 Å². The highest BCUT2D eigenvalue weighted by Crippen LogP contribution is 2.44. The van der Waals surface area contributed by atoms with Crippen LogP contribution in [0.1, 0.15) is 36.8 Å². The number of amides is 2. The Balaban J connectivity index is 1.52. The van der Waals surface area contributed by atoms with Crippen LogP contribution >= 0.6 is 0 Å². The molecule has 3 rings (SSSR count). The smallest absolute Gasteiger partial charge is 0.407 e. The van der Waals surface area contributed by atoms with Gasteiger partial charge in [0.2, 0.25) is 5.91 Å². The number of carbonyl (C=O) groups is 3. The fourth-order valence-electron chi connectivity index (χ4n) is 3.81. The Bertz CT molecular complexity index is 915. The lowest BCUT2D eigenvalue weighted by Crippen LogP contribution is -2.44. The maximum atomic E-state index is 12.3. The molecule has 0 aliphatic heterocycles. The second-order valence-corrected chi connectivity index (χ2v) is 7.55. The van der Waals surface area contributed by atoms with Crippen LogP contribution in [0.4, 0.5) is 4.79 Å². The molecule has 0 radical (unpaired) electrons. The molecular formula is C23H26N2O6. The number of hydrogen-bond donors (Lipinski definition) is 4. The van der Waals surface area contributed by atoms with Crippen molar-refractivity contribution < 1.29 is 29.3 Å². The van der Waals surface area contributed by atoms with E-state index in [0.29, 0.717) is 0 Å². The zero-order chi connectivity index (χ0) is 22.4. The topological polar surface area (TPSA) is 125 Å². The zero-order valence-corrected chi connectivity index (χ0v) is 17.2. The molecule has 8 nitrogen and oxygen atoms in total. The summed E-state index contributed by atoms with van der Waals surface area (Å²) in [4.78, 5) is 35.3. The first kappa shape index (κ1) is 22.3. The Morgan fingerprint density at radius 1 is 1.00 bits per heavy atom. The molecule has 31 heavy (non-hydrogen) atoms. The van der Waals surface area contributed by atoms with Gasteiger partial charge in [-0.25, -0.2) is 9.59 Å². The zero-order valence-electron chi connectivity index (χ0n) is 17.2. The lowest BCUT2D eigenvalue weighted by molar-refractivity contribution is -0.142. The Labute approximate surface area is 180 Å². The Morgan fingerprint density at radius 2 is 1.58 bits per heavy atom. The average molecular weight is 426 g/mol. The van der Waals surface area contributed by atoms with E-state index in [2.05, 4.69) is 22.8 Å².